The average molecular weight is 401 g/mol. The van der Waals surface area contributed by atoms with Crippen LogP contribution in [0.25, 0.3) is 11.4 Å². The van der Waals surface area contributed by atoms with Gasteiger partial charge in [0.15, 0.2) is 11.0 Å². The van der Waals surface area contributed by atoms with Gasteiger partial charge in [-0.25, -0.2) is 0 Å². The molecule has 7 heteroatoms. The highest BCUT2D eigenvalue weighted by molar-refractivity contribution is 7.99. The second-order valence-electron chi connectivity index (χ2n) is 7.13. The van der Waals surface area contributed by atoms with Crippen LogP contribution in [0.3, 0.4) is 0 Å². The summed E-state index contributed by atoms with van der Waals surface area (Å²) in [6.45, 7) is 6.62. The lowest BCUT2D eigenvalue weighted by atomic mass is 9.86. The molecule has 28 heavy (non-hydrogen) atoms. The van der Waals surface area contributed by atoms with Crippen molar-refractivity contribution in [3.63, 3.8) is 0 Å². The molecule has 150 valence electrons. The molecule has 0 bridgehead atoms. The van der Waals surface area contributed by atoms with Gasteiger partial charge in [-0.2, -0.15) is 0 Å². The molecule has 0 saturated heterocycles. The maximum Gasteiger partial charge on any atom is 0.230 e. The molecule has 1 aliphatic carbocycles. The van der Waals surface area contributed by atoms with E-state index in [9.17, 15) is 4.79 Å². The summed E-state index contributed by atoms with van der Waals surface area (Å²) in [4.78, 5) is 12.4. The number of benzene rings is 1. The Balaban J connectivity index is 1.71. The van der Waals surface area contributed by atoms with Crippen LogP contribution in [0, 0.1) is 5.92 Å². The molecule has 1 heterocycles. The topological polar surface area (TPSA) is 69.0 Å². The van der Waals surface area contributed by atoms with Crippen LogP contribution in [-0.2, 0) is 11.3 Å². The van der Waals surface area contributed by atoms with Gasteiger partial charge >= 0.3 is 0 Å². The first kappa shape index (κ1) is 20.5. The zero-order valence-corrected chi connectivity index (χ0v) is 17.4. The molecule has 1 N–H and O–H groups in total. The van der Waals surface area contributed by atoms with Gasteiger partial charge in [0.1, 0.15) is 5.75 Å². The SMILES string of the molecule is C=CCn1c(SCC(=O)N[C@H]2CCCC[C@@H]2C)nnc1-c1ccccc1OC. The van der Waals surface area contributed by atoms with E-state index in [1.807, 2.05) is 28.8 Å². The normalized spacial score (nSPS) is 19.2. The third kappa shape index (κ3) is 4.76. The standard InChI is InChI=1S/C21H28N4O2S/c1-4-13-25-20(16-10-6-8-12-18(16)27-3)23-24-21(25)28-14-19(26)22-17-11-7-5-9-15(17)2/h4,6,8,10,12,15,17H,1,5,7,9,11,13-14H2,2-3H3,(H,22,26)/t15-,17-/m0/s1. The number of methoxy groups -OCH3 is 1. The summed E-state index contributed by atoms with van der Waals surface area (Å²) >= 11 is 1.40. The predicted octanol–water partition coefficient (Wildman–Crippen LogP) is 3.93. The van der Waals surface area contributed by atoms with E-state index in [0.29, 0.717) is 29.2 Å². The van der Waals surface area contributed by atoms with Crippen molar-refractivity contribution in [1.82, 2.24) is 20.1 Å². The zero-order chi connectivity index (χ0) is 19.9. The fraction of sp³-hybridized carbons (Fsp3) is 0.476. The van der Waals surface area contributed by atoms with Crippen LogP contribution >= 0.6 is 11.8 Å². The molecule has 2 aromatic rings. The van der Waals surface area contributed by atoms with Gasteiger partial charge in [0.2, 0.25) is 5.91 Å². The number of amides is 1. The number of para-hydroxylation sites is 1. The molecule has 1 aliphatic rings. The predicted molar refractivity (Wildman–Crippen MR) is 112 cm³/mol. The Bertz CT molecular complexity index is 820. The molecule has 1 aromatic heterocycles. The summed E-state index contributed by atoms with van der Waals surface area (Å²) in [5, 5.41) is 12.6. The minimum Gasteiger partial charge on any atom is -0.496 e. The molecule has 1 saturated carbocycles. The Morgan fingerprint density at radius 2 is 2.14 bits per heavy atom. The first-order valence-corrected chi connectivity index (χ1v) is 10.7. The average Bonchev–Trinajstić information content (AvgIpc) is 3.11. The van der Waals surface area contributed by atoms with Gasteiger partial charge < -0.3 is 10.1 Å². The van der Waals surface area contributed by atoms with Gasteiger partial charge in [-0.15, -0.1) is 16.8 Å². The molecular weight excluding hydrogens is 372 g/mol. The number of allylic oxidation sites excluding steroid dienone is 1. The molecule has 1 fully saturated rings. The molecule has 0 unspecified atom stereocenters. The van der Waals surface area contributed by atoms with Crippen molar-refractivity contribution >= 4 is 17.7 Å². The van der Waals surface area contributed by atoms with Crippen molar-refractivity contribution in [2.45, 2.75) is 50.4 Å². The molecule has 3 rings (SSSR count). The summed E-state index contributed by atoms with van der Waals surface area (Å²) in [5.41, 5.74) is 0.867. The third-order valence-corrected chi connectivity index (χ3v) is 6.13. The number of hydrogen-bond donors (Lipinski definition) is 1. The minimum absolute atomic E-state index is 0.0516. The summed E-state index contributed by atoms with van der Waals surface area (Å²) in [7, 11) is 1.64. The monoisotopic (exact) mass is 400 g/mol. The van der Waals surface area contributed by atoms with E-state index in [1.54, 1.807) is 13.2 Å². The highest BCUT2D eigenvalue weighted by atomic mass is 32.2. The molecule has 1 aromatic carbocycles. The van der Waals surface area contributed by atoms with Crippen LogP contribution in [0.4, 0.5) is 0 Å². The number of thioether (sulfide) groups is 1. The maximum absolute atomic E-state index is 12.4. The molecule has 0 spiro atoms. The highest BCUT2D eigenvalue weighted by Crippen LogP contribution is 2.31. The number of aromatic nitrogens is 3. The smallest absolute Gasteiger partial charge is 0.230 e. The second kappa shape index (κ2) is 9.78. The lowest BCUT2D eigenvalue weighted by molar-refractivity contribution is -0.119. The van der Waals surface area contributed by atoms with Crippen molar-refractivity contribution in [1.29, 1.82) is 0 Å². The number of nitrogens with one attached hydrogen (secondary N) is 1. The summed E-state index contributed by atoms with van der Waals surface area (Å²) < 4.78 is 7.42. The quantitative estimate of drug-likeness (QED) is 0.537. The molecular formula is C21H28N4O2S. The lowest BCUT2D eigenvalue weighted by Crippen LogP contribution is -2.41. The van der Waals surface area contributed by atoms with E-state index < -0.39 is 0 Å². The van der Waals surface area contributed by atoms with E-state index in [-0.39, 0.29) is 11.9 Å². The number of nitrogens with zero attached hydrogens (tertiary/aromatic N) is 3. The highest BCUT2D eigenvalue weighted by Gasteiger charge is 2.23. The first-order chi connectivity index (χ1) is 13.6. The number of rotatable bonds is 8. The molecule has 1 amide bonds. The second-order valence-corrected chi connectivity index (χ2v) is 8.07. The molecule has 6 nitrogen and oxygen atoms in total. The molecule has 0 radical (unpaired) electrons. The fourth-order valence-electron chi connectivity index (χ4n) is 3.63. The third-order valence-electron chi connectivity index (χ3n) is 5.17. The van der Waals surface area contributed by atoms with Gasteiger partial charge in [-0.05, 0) is 30.9 Å². The Hall–Kier alpha value is -2.28. The Labute approximate surface area is 170 Å². The molecule has 2 atom stereocenters. The fourth-order valence-corrected chi connectivity index (χ4v) is 4.39. The Morgan fingerprint density at radius 1 is 1.36 bits per heavy atom. The number of carbonyl (C=O) groups is 1. The van der Waals surface area contributed by atoms with Gasteiger partial charge in [0.05, 0.1) is 18.4 Å². The van der Waals surface area contributed by atoms with Crippen molar-refractivity contribution in [3.8, 4) is 17.1 Å². The van der Waals surface area contributed by atoms with Gasteiger partial charge in [-0.1, -0.05) is 49.7 Å². The van der Waals surface area contributed by atoms with Crippen molar-refractivity contribution in [2.75, 3.05) is 12.9 Å². The van der Waals surface area contributed by atoms with Crippen LogP contribution in [0.5, 0.6) is 5.75 Å². The Kier molecular flexibility index (Phi) is 7.14. The van der Waals surface area contributed by atoms with E-state index in [2.05, 4.69) is 29.0 Å². The number of ether oxygens (including phenoxy) is 1. The molecule has 0 aliphatic heterocycles. The van der Waals surface area contributed by atoms with Crippen LogP contribution in [0.2, 0.25) is 0 Å². The van der Waals surface area contributed by atoms with Crippen LogP contribution < -0.4 is 10.1 Å². The first-order valence-electron chi connectivity index (χ1n) is 9.73. The van der Waals surface area contributed by atoms with Crippen LogP contribution in [0.15, 0.2) is 42.1 Å². The van der Waals surface area contributed by atoms with E-state index >= 15 is 0 Å². The summed E-state index contributed by atoms with van der Waals surface area (Å²) in [5.74, 6) is 2.37. The van der Waals surface area contributed by atoms with Crippen LogP contribution in [0.1, 0.15) is 32.6 Å². The van der Waals surface area contributed by atoms with Crippen molar-refractivity contribution in [3.05, 3.63) is 36.9 Å². The number of hydrogen-bond acceptors (Lipinski definition) is 5. The largest absolute Gasteiger partial charge is 0.496 e. The van der Waals surface area contributed by atoms with Crippen molar-refractivity contribution in [2.24, 2.45) is 5.92 Å². The Morgan fingerprint density at radius 3 is 2.89 bits per heavy atom. The van der Waals surface area contributed by atoms with Gasteiger partial charge in [0.25, 0.3) is 0 Å². The minimum atomic E-state index is 0.0516. The summed E-state index contributed by atoms with van der Waals surface area (Å²) in [6.07, 6.45) is 6.52. The summed E-state index contributed by atoms with van der Waals surface area (Å²) in [6, 6.07) is 8.00. The lowest BCUT2D eigenvalue weighted by Gasteiger charge is -2.29. The maximum atomic E-state index is 12.4. The van der Waals surface area contributed by atoms with E-state index in [1.165, 1.54) is 31.0 Å². The van der Waals surface area contributed by atoms with E-state index in [4.69, 9.17) is 4.74 Å². The van der Waals surface area contributed by atoms with Gasteiger partial charge in [0, 0.05) is 12.6 Å². The van der Waals surface area contributed by atoms with E-state index in [0.717, 1.165) is 17.7 Å². The number of carbonyl (C=O) groups excluding carboxylic acids is 1. The zero-order valence-electron chi connectivity index (χ0n) is 16.6. The van der Waals surface area contributed by atoms with Crippen LogP contribution in [-0.4, -0.2) is 39.6 Å². The van der Waals surface area contributed by atoms with Crippen molar-refractivity contribution < 1.29 is 9.53 Å². The van der Waals surface area contributed by atoms with Gasteiger partial charge in [-0.3, -0.25) is 9.36 Å².